The molecule has 1 aromatic heterocycles. The molecule has 1 aliphatic rings. The van der Waals surface area contributed by atoms with E-state index in [-0.39, 0.29) is 17.2 Å². The molecule has 10 heteroatoms. The molecule has 4 rings (SSSR count). The average Bonchev–Trinajstić information content (AvgIpc) is 2.75. The summed E-state index contributed by atoms with van der Waals surface area (Å²) in [4.78, 5) is 12.7. The summed E-state index contributed by atoms with van der Waals surface area (Å²) in [5.74, 6) is 0.816. The van der Waals surface area contributed by atoms with Crippen LogP contribution in [0.15, 0.2) is 54.9 Å². The van der Waals surface area contributed by atoms with Gasteiger partial charge in [0.15, 0.2) is 11.6 Å². The second-order valence-electron chi connectivity index (χ2n) is 7.12. The number of piperazine rings is 1. The first-order valence-corrected chi connectivity index (χ1v) is 9.99. The number of alkyl halides is 3. The monoisotopic (exact) mass is 448 g/mol. The van der Waals surface area contributed by atoms with Crippen molar-refractivity contribution in [3.8, 4) is 0 Å². The van der Waals surface area contributed by atoms with E-state index in [9.17, 15) is 13.2 Å². The largest absolute Gasteiger partial charge is 0.416 e. The number of nitrogens with two attached hydrogens (primary N) is 1. The van der Waals surface area contributed by atoms with Crippen molar-refractivity contribution in [2.24, 2.45) is 0 Å². The van der Waals surface area contributed by atoms with Crippen LogP contribution in [0, 0.1) is 0 Å². The van der Waals surface area contributed by atoms with E-state index in [1.54, 1.807) is 0 Å². The van der Waals surface area contributed by atoms with Gasteiger partial charge in [-0.15, -0.1) is 0 Å². The molecule has 162 valence electrons. The van der Waals surface area contributed by atoms with Crippen molar-refractivity contribution >= 4 is 40.3 Å². The maximum Gasteiger partial charge on any atom is 0.416 e. The normalized spacial score (nSPS) is 14.6. The zero-order valence-corrected chi connectivity index (χ0v) is 17.2. The molecule has 2 aromatic carbocycles. The lowest BCUT2D eigenvalue weighted by molar-refractivity contribution is -0.137. The molecule has 1 aliphatic heterocycles. The third-order valence-electron chi connectivity index (χ3n) is 5.07. The number of nitrogens with zero attached hydrogens (tertiary/aromatic N) is 4. The van der Waals surface area contributed by atoms with Crippen molar-refractivity contribution in [1.82, 2.24) is 9.97 Å². The standard InChI is InChI=1S/C21H20ClF3N6/c22-15-4-2-6-17(12-15)30-7-9-31(10-8-30)20-18(26)19(27-13-28-20)29-16-5-1-3-14(11-16)21(23,24)25/h1-6,11-13H,7-10,26H2,(H,27,28,29). The van der Waals surface area contributed by atoms with Gasteiger partial charge in [-0.1, -0.05) is 23.7 Å². The second-order valence-corrected chi connectivity index (χ2v) is 7.55. The maximum absolute atomic E-state index is 13.0. The molecule has 3 aromatic rings. The van der Waals surface area contributed by atoms with Crippen molar-refractivity contribution in [3.63, 3.8) is 0 Å². The van der Waals surface area contributed by atoms with Crippen LogP contribution in [0.2, 0.25) is 5.02 Å². The first-order chi connectivity index (χ1) is 14.8. The summed E-state index contributed by atoms with van der Waals surface area (Å²) in [7, 11) is 0. The van der Waals surface area contributed by atoms with Crippen LogP contribution in [0.4, 0.5) is 41.9 Å². The maximum atomic E-state index is 13.0. The first kappa shape index (κ1) is 21.0. The molecule has 0 atom stereocenters. The van der Waals surface area contributed by atoms with Gasteiger partial charge >= 0.3 is 6.18 Å². The highest BCUT2D eigenvalue weighted by Crippen LogP contribution is 2.33. The van der Waals surface area contributed by atoms with E-state index in [1.807, 2.05) is 29.2 Å². The molecule has 0 spiro atoms. The third kappa shape index (κ3) is 4.77. The van der Waals surface area contributed by atoms with Crippen LogP contribution in [0.25, 0.3) is 0 Å². The summed E-state index contributed by atoms with van der Waals surface area (Å²) in [6.07, 6.45) is -3.08. The molecule has 0 radical (unpaired) electrons. The fourth-order valence-electron chi connectivity index (χ4n) is 3.50. The van der Waals surface area contributed by atoms with Crippen molar-refractivity contribution in [2.75, 3.05) is 47.0 Å². The highest BCUT2D eigenvalue weighted by molar-refractivity contribution is 6.30. The highest BCUT2D eigenvalue weighted by Gasteiger charge is 2.30. The fraction of sp³-hybridized carbons (Fsp3) is 0.238. The molecule has 6 nitrogen and oxygen atoms in total. The molecule has 0 aliphatic carbocycles. The Labute approximate surface area is 182 Å². The lowest BCUT2D eigenvalue weighted by Gasteiger charge is -2.37. The predicted octanol–water partition coefficient (Wildman–Crippen LogP) is 4.80. The van der Waals surface area contributed by atoms with Crippen molar-refractivity contribution in [2.45, 2.75) is 6.18 Å². The van der Waals surface area contributed by atoms with Gasteiger partial charge in [0, 0.05) is 42.6 Å². The third-order valence-corrected chi connectivity index (χ3v) is 5.30. The van der Waals surface area contributed by atoms with Gasteiger partial charge < -0.3 is 20.9 Å². The quantitative estimate of drug-likeness (QED) is 0.597. The number of hydrogen-bond acceptors (Lipinski definition) is 6. The number of rotatable bonds is 4. The van der Waals surface area contributed by atoms with Gasteiger partial charge in [0.2, 0.25) is 0 Å². The van der Waals surface area contributed by atoms with Gasteiger partial charge in [0.25, 0.3) is 0 Å². The summed E-state index contributed by atoms with van der Waals surface area (Å²) in [5, 5.41) is 3.56. The number of benzene rings is 2. The summed E-state index contributed by atoms with van der Waals surface area (Å²) in [6.45, 7) is 2.85. The number of anilines is 5. The van der Waals surface area contributed by atoms with E-state index in [2.05, 4.69) is 20.2 Å². The molecule has 1 fully saturated rings. The Hall–Kier alpha value is -3.20. The molecule has 0 bridgehead atoms. The minimum absolute atomic E-state index is 0.247. The van der Waals surface area contributed by atoms with Crippen LogP contribution >= 0.6 is 11.6 Å². The zero-order valence-electron chi connectivity index (χ0n) is 16.4. The Morgan fingerprint density at radius 1 is 0.935 bits per heavy atom. The lowest BCUT2D eigenvalue weighted by atomic mass is 10.2. The van der Waals surface area contributed by atoms with E-state index in [0.29, 0.717) is 23.9 Å². The van der Waals surface area contributed by atoms with Gasteiger partial charge in [-0.3, -0.25) is 0 Å². The Bertz CT molecular complexity index is 1070. The van der Waals surface area contributed by atoms with Crippen molar-refractivity contribution < 1.29 is 13.2 Å². The molecule has 1 saturated heterocycles. The average molecular weight is 449 g/mol. The summed E-state index contributed by atoms with van der Waals surface area (Å²) in [5.41, 5.74) is 7.11. The van der Waals surface area contributed by atoms with E-state index < -0.39 is 11.7 Å². The Morgan fingerprint density at radius 2 is 1.65 bits per heavy atom. The predicted molar refractivity (Wildman–Crippen MR) is 117 cm³/mol. The van der Waals surface area contributed by atoms with E-state index in [1.165, 1.54) is 18.5 Å². The topological polar surface area (TPSA) is 70.3 Å². The highest BCUT2D eigenvalue weighted by atomic mass is 35.5. The minimum atomic E-state index is -4.43. The number of hydrogen-bond donors (Lipinski definition) is 2. The molecular weight excluding hydrogens is 429 g/mol. The molecule has 0 unspecified atom stereocenters. The van der Waals surface area contributed by atoms with E-state index >= 15 is 0 Å². The van der Waals surface area contributed by atoms with Crippen LogP contribution < -0.4 is 20.9 Å². The summed E-state index contributed by atoms with van der Waals surface area (Å²) in [6, 6.07) is 12.6. The number of nitrogen functional groups attached to an aromatic ring is 1. The van der Waals surface area contributed by atoms with Crippen LogP contribution in [0.3, 0.4) is 0 Å². The van der Waals surface area contributed by atoms with Gasteiger partial charge in [-0.05, 0) is 36.4 Å². The van der Waals surface area contributed by atoms with Crippen LogP contribution in [-0.2, 0) is 6.18 Å². The van der Waals surface area contributed by atoms with Crippen LogP contribution in [0.5, 0.6) is 0 Å². The Morgan fingerprint density at radius 3 is 2.35 bits per heavy atom. The number of nitrogens with one attached hydrogen (secondary N) is 1. The molecule has 2 heterocycles. The first-order valence-electron chi connectivity index (χ1n) is 9.61. The van der Waals surface area contributed by atoms with Gasteiger partial charge in [0.1, 0.15) is 12.0 Å². The zero-order chi connectivity index (χ0) is 22.0. The minimum Gasteiger partial charge on any atom is -0.393 e. The van der Waals surface area contributed by atoms with Crippen LogP contribution in [0.1, 0.15) is 5.56 Å². The number of halogens is 4. The molecular formula is C21H20ClF3N6. The lowest BCUT2D eigenvalue weighted by Crippen LogP contribution is -2.47. The van der Waals surface area contributed by atoms with Gasteiger partial charge in [-0.2, -0.15) is 13.2 Å². The smallest absolute Gasteiger partial charge is 0.393 e. The number of aromatic nitrogens is 2. The molecule has 31 heavy (non-hydrogen) atoms. The summed E-state index contributed by atoms with van der Waals surface area (Å²) >= 11 is 6.09. The summed E-state index contributed by atoms with van der Waals surface area (Å²) < 4.78 is 38.9. The molecule has 0 amide bonds. The van der Waals surface area contributed by atoms with Crippen molar-refractivity contribution in [1.29, 1.82) is 0 Å². The van der Waals surface area contributed by atoms with E-state index in [4.69, 9.17) is 17.3 Å². The van der Waals surface area contributed by atoms with Gasteiger partial charge in [-0.25, -0.2) is 9.97 Å². The van der Waals surface area contributed by atoms with Gasteiger partial charge in [0.05, 0.1) is 5.56 Å². The second kappa shape index (κ2) is 8.50. The SMILES string of the molecule is Nc1c(Nc2cccc(C(F)(F)F)c2)ncnc1N1CCN(c2cccc(Cl)c2)CC1. The van der Waals surface area contributed by atoms with E-state index in [0.717, 1.165) is 30.9 Å². The van der Waals surface area contributed by atoms with Crippen LogP contribution in [-0.4, -0.2) is 36.1 Å². The molecule has 0 saturated carbocycles. The molecule has 3 N–H and O–H groups in total. The Kier molecular flexibility index (Phi) is 5.77. The Balaban J connectivity index is 1.49. The fourth-order valence-corrected chi connectivity index (χ4v) is 3.68. The van der Waals surface area contributed by atoms with Crippen molar-refractivity contribution in [3.05, 3.63) is 65.4 Å².